The van der Waals surface area contributed by atoms with Crippen molar-refractivity contribution in [2.75, 3.05) is 13.1 Å². The summed E-state index contributed by atoms with van der Waals surface area (Å²) in [6, 6.07) is 0. The van der Waals surface area contributed by atoms with Crippen molar-refractivity contribution in [2.45, 2.75) is 44.4 Å². The normalized spacial score (nSPS) is 20.0. The van der Waals surface area contributed by atoms with E-state index >= 15 is 0 Å². The van der Waals surface area contributed by atoms with Gasteiger partial charge in [-0.3, -0.25) is 4.79 Å². The topological polar surface area (TPSA) is 20.3 Å². The van der Waals surface area contributed by atoms with Gasteiger partial charge in [0.1, 0.15) is 5.38 Å². The largest absolute Gasteiger partial charge is 0.341 e. The van der Waals surface area contributed by atoms with Crippen molar-refractivity contribution in [3.05, 3.63) is 0 Å². The number of amides is 1. The number of piperidine rings is 1. The van der Waals surface area contributed by atoms with Crippen molar-refractivity contribution in [1.82, 2.24) is 4.90 Å². The molecule has 2 nitrogen and oxygen atoms in total. The molecular formula is C10H18ClNO. The molecule has 0 aromatic rings. The number of halogens is 1. The minimum Gasteiger partial charge on any atom is -0.341 e. The Balaban J connectivity index is 2.36. The maximum atomic E-state index is 11.7. The molecule has 1 heterocycles. The van der Waals surface area contributed by atoms with Crippen molar-refractivity contribution in [3.63, 3.8) is 0 Å². The summed E-state index contributed by atoms with van der Waals surface area (Å²) in [6.45, 7) is 3.87. The van der Waals surface area contributed by atoms with Gasteiger partial charge in [-0.05, 0) is 25.7 Å². The van der Waals surface area contributed by atoms with Crippen LogP contribution in [0, 0.1) is 0 Å². The summed E-state index contributed by atoms with van der Waals surface area (Å²) < 4.78 is 0. The Kier molecular flexibility index (Phi) is 4.57. The second kappa shape index (κ2) is 5.48. The van der Waals surface area contributed by atoms with Gasteiger partial charge in [-0.25, -0.2) is 0 Å². The third kappa shape index (κ3) is 3.18. The molecule has 0 saturated carbocycles. The summed E-state index contributed by atoms with van der Waals surface area (Å²) in [4.78, 5) is 13.6. The molecule has 1 fully saturated rings. The molecule has 13 heavy (non-hydrogen) atoms. The van der Waals surface area contributed by atoms with Crippen LogP contribution in [-0.2, 0) is 4.79 Å². The van der Waals surface area contributed by atoms with Crippen LogP contribution in [0.3, 0.4) is 0 Å². The summed E-state index contributed by atoms with van der Waals surface area (Å²) in [5.74, 6) is 0.142. The Bertz CT molecular complexity index is 166. The molecule has 0 radical (unpaired) electrons. The minimum atomic E-state index is -0.289. The molecule has 0 N–H and O–H groups in total. The third-order valence-corrected chi connectivity index (χ3v) is 2.88. The molecule has 76 valence electrons. The lowest BCUT2D eigenvalue weighted by molar-refractivity contribution is -0.131. The van der Waals surface area contributed by atoms with Crippen LogP contribution >= 0.6 is 11.6 Å². The molecule has 1 atom stereocenters. The highest BCUT2D eigenvalue weighted by Gasteiger charge is 2.22. The number of nitrogens with zero attached hydrogens (tertiary/aromatic N) is 1. The number of hydrogen-bond acceptors (Lipinski definition) is 1. The molecule has 0 aliphatic carbocycles. The fourth-order valence-corrected chi connectivity index (χ4v) is 2.05. The maximum absolute atomic E-state index is 11.7. The Morgan fingerprint density at radius 3 is 2.54 bits per heavy atom. The Morgan fingerprint density at radius 1 is 1.38 bits per heavy atom. The predicted molar refractivity (Wildman–Crippen MR) is 55.0 cm³/mol. The second-order valence-corrected chi connectivity index (χ2v) is 4.17. The van der Waals surface area contributed by atoms with Crippen LogP contribution in [0.15, 0.2) is 0 Å². The van der Waals surface area contributed by atoms with Crippen LogP contribution in [0.2, 0.25) is 0 Å². The van der Waals surface area contributed by atoms with Gasteiger partial charge >= 0.3 is 0 Å². The molecule has 0 aromatic carbocycles. The lowest BCUT2D eigenvalue weighted by Gasteiger charge is -2.28. The van der Waals surface area contributed by atoms with Gasteiger partial charge in [0, 0.05) is 13.1 Å². The molecule has 1 saturated heterocycles. The first kappa shape index (κ1) is 10.8. The number of carbonyl (C=O) groups excluding carboxylic acids is 1. The van der Waals surface area contributed by atoms with E-state index in [2.05, 4.69) is 6.92 Å². The van der Waals surface area contributed by atoms with Crippen LogP contribution in [0.1, 0.15) is 39.0 Å². The quantitative estimate of drug-likeness (QED) is 0.646. The summed E-state index contributed by atoms with van der Waals surface area (Å²) in [7, 11) is 0. The number of hydrogen-bond donors (Lipinski definition) is 0. The molecule has 1 rings (SSSR count). The van der Waals surface area contributed by atoms with Crippen LogP contribution < -0.4 is 0 Å². The van der Waals surface area contributed by atoms with Gasteiger partial charge in [-0.15, -0.1) is 11.6 Å². The van der Waals surface area contributed by atoms with E-state index in [1.165, 1.54) is 6.42 Å². The van der Waals surface area contributed by atoms with E-state index in [0.29, 0.717) is 0 Å². The average Bonchev–Trinajstić information content (AvgIpc) is 2.18. The predicted octanol–water partition coefficient (Wildman–Crippen LogP) is 2.41. The van der Waals surface area contributed by atoms with Crippen molar-refractivity contribution >= 4 is 17.5 Å². The van der Waals surface area contributed by atoms with Crippen molar-refractivity contribution in [3.8, 4) is 0 Å². The summed E-state index contributed by atoms with van der Waals surface area (Å²) in [5, 5.41) is -0.289. The summed E-state index contributed by atoms with van der Waals surface area (Å²) >= 11 is 5.97. The number of rotatable bonds is 3. The van der Waals surface area contributed by atoms with Gasteiger partial charge in [-0.1, -0.05) is 13.3 Å². The van der Waals surface area contributed by atoms with Crippen LogP contribution in [-0.4, -0.2) is 29.3 Å². The SMILES string of the molecule is CCCC(Cl)C(=O)N1CCCCC1. The van der Waals surface area contributed by atoms with Crippen LogP contribution in [0.25, 0.3) is 0 Å². The molecule has 1 aliphatic rings. The first-order chi connectivity index (χ1) is 6.25. The highest BCUT2D eigenvalue weighted by atomic mass is 35.5. The number of carbonyl (C=O) groups is 1. The van der Waals surface area contributed by atoms with Gasteiger partial charge in [0.25, 0.3) is 0 Å². The zero-order chi connectivity index (χ0) is 9.68. The number of likely N-dealkylation sites (tertiary alicyclic amines) is 1. The Hall–Kier alpha value is -0.240. The van der Waals surface area contributed by atoms with Gasteiger partial charge < -0.3 is 4.90 Å². The van der Waals surface area contributed by atoms with E-state index in [1.807, 2.05) is 4.90 Å². The highest BCUT2D eigenvalue weighted by molar-refractivity contribution is 6.30. The molecule has 0 aromatic heterocycles. The van der Waals surface area contributed by atoms with E-state index in [9.17, 15) is 4.79 Å². The minimum absolute atomic E-state index is 0.142. The second-order valence-electron chi connectivity index (χ2n) is 3.64. The van der Waals surface area contributed by atoms with Crippen LogP contribution in [0.4, 0.5) is 0 Å². The van der Waals surface area contributed by atoms with E-state index in [0.717, 1.165) is 38.8 Å². The Morgan fingerprint density at radius 2 is 2.00 bits per heavy atom. The maximum Gasteiger partial charge on any atom is 0.240 e. The van der Waals surface area contributed by atoms with Gasteiger partial charge in [0.2, 0.25) is 5.91 Å². The first-order valence-electron chi connectivity index (χ1n) is 5.18. The van der Waals surface area contributed by atoms with Crippen LogP contribution in [0.5, 0.6) is 0 Å². The van der Waals surface area contributed by atoms with E-state index in [4.69, 9.17) is 11.6 Å². The summed E-state index contributed by atoms with van der Waals surface area (Å²) in [5.41, 5.74) is 0. The Labute approximate surface area is 85.2 Å². The van der Waals surface area contributed by atoms with E-state index in [1.54, 1.807) is 0 Å². The number of alkyl halides is 1. The molecule has 1 aliphatic heterocycles. The van der Waals surface area contributed by atoms with Gasteiger partial charge in [-0.2, -0.15) is 0 Å². The summed E-state index contributed by atoms with van der Waals surface area (Å²) in [6.07, 6.45) is 5.32. The standard InChI is InChI=1S/C10H18ClNO/c1-2-6-9(11)10(13)12-7-4-3-5-8-12/h9H,2-8H2,1H3. The third-order valence-electron chi connectivity index (χ3n) is 2.48. The molecule has 1 unspecified atom stereocenters. The molecule has 3 heteroatoms. The van der Waals surface area contributed by atoms with Gasteiger partial charge in [0.05, 0.1) is 0 Å². The van der Waals surface area contributed by atoms with E-state index < -0.39 is 0 Å². The smallest absolute Gasteiger partial charge is 0.240 e. The fourth-order valence-electron chi connectivity index (χ4n) is 1.69. The fraction of sp³-hybridized carbons (Fsp3) is 0.900. The average molecular weight is 204 g/mol. The van der Waals surface area contributed by atoms with E-state index in [-0.39, 0.29) is 11.3 Å². The zero-order valence-corrected chi connectivity index (χ0v) is 9.02. The zero-order valence-electron chi connectivity index (χ0n) is 8.26. The molecular weight excluding hydrogens is 186 g/mol. The molecule has 0 spiro atoms. The molecule has 1 amide bonds. The highest BCUT2D eigenvalue weighted by Crippen LogP contribution is 2.14. The van der Waals surface area contributed by atoms with Crippen molar-refractivity contribution in [1.29, 1.82) is 0 Å². The lowest BCUT2D eigenvalue weighted by atomic mass is 10.1. The first-order valence-corrected chi connectivity index (χ1v) is 5.62. The van der Waals surface area contributed by atoms with Crippen molar-refractivity contribution < 1.29 is 4.79 Å². The lowest BCUT2D eigenvalue weighted by Crippen LogP contribution is -2.40. The molecule has 0 bridgehead atoms. The van der Waals surface area contributed by atoms with Crippen molar-refractivity contribution in [2.24, 2.45) is 0 Å². The monoisotopic (exact) mass is 203 g/mol. The van der Waals surface area contributed by atoms with Gasteiger partial charge in [0.15, 0.2) is 0 Å².